The van der Waals surface area contributed by atoms with Crippen LogP contribution in [0.5, 0.6) is 5.75 Å². The molecule has 0 aliphatic rings. The number of nitrogens with two attached hydrogens (primary N) is 1. The summed E-state index contributed by atoms with van der Waals surface area (Å²) >= 11 is 0. The number of hydrogen-bond acceptors (Lipinski definition) is 4. The van der Waals surface area contributed by atoms with Crippen molar-refractivity contribution >= 4 is 22.5 Å². The van der Waals surface area contributed by atoms with Crippen LogP contribution in [0.3, 0.4) is 0 Å². The number of carbonyl (C=O) groups is 1. The zero-order valence-electron chi connectivity index (χ0n) is 8.47. The van der Waals surface area contributed by atoms with E-state index in [0.717, 1.165) is 10.8 Å². The molecular formula is C11H11N3O2. The van der Waals surface area contributed by atoms with Gasteiger partial charge in [-0.05, 0) is 23.6 Å². The maximum absolute atomic E-state index is 10.7. The number of aromatic nitrogens is 1. The number of pyridine rings is 1. The molecule has 4 N–H and O–H groups in total. The standard InChI is InChI=1S/C11H11N3O2/c12-10(16)6-14-11-9-5-8(15)2-1-7(9)3-4-13-11/h1-5,15H,6H2,(H2,12,16)(H,13,14). The second-order valence-electron chi connectivity index (χ2n) is 3.38. The third kappa shape index (κ3) is 2.03. The Balaban J connectivity index is 2.43. The van der Waals surface area contributed by atoms with Crippen molar-refractivity contribution in [3.8, 4) is 5.75 Å². The molecule has 2 aromatic rings. The van der Waals surface area contributed by atoms with Gasteiger partial charge in [-0.25, -0.2) is 4.98 Å². The molecule has 2 rings (SSSR count). The average Bonchev–Trinajstić information content (AvgIpc) is 2.26. The highest BCUT2D eigenvalue weighted by Crippen LogP contribution is 2.24. The molecule has 0 aliphatic carbocycles. The number of nitrogens with zero attached hydrogens (tertiary/aromatic N) is 1. The monoisotopic (exact) mass is 217 g/mol. The van der Waals surface area contributed by atoms with E-state index >= 15 is 0 Å². The number of phenolic OH excluding ortho intramolecular Hbond substituents is 1. The molecule has 0 saturated heterocycles. The van der Waals surface area contributed by atoms with Gasteiger partial charge in [0, 0.05) is 11.6 Å². The van der Waals surface area contributed by atoms with Crippen LogP contribution in [0.2, 0.25) is 0 Å². The molecule has 16 heavy (non-hydrogen) atoms. The van der Waals surface area contributed by atoms with E-state index in [1.165, 1.54) is 0 Å². The number of aromatic hydroxyl groups is 1. The summed E-state index contributed by atoms with van der Waals surface area (Å²) in [4.78, 5) is 14.7. The maximum Gasteiger partial charge on any atom is 0.236 e. The first kappa shape index (κ1) is 10.2. The van der Waals surface area contributed by atoms with Gasteiger partial charge in [0.15, 0.2) is 0 Å². The molecule has 0 aliphatic heterocycles. The minimum atomic E-state index is -0.459. The highest BCUT2D eigenvalue weighted by molar-refractivity contribution is 5.93. The number of rotatable bonds is 3. The summed E-state index contributed by atoms with van der Waals surface area (Å²) in [6.45, 7) is 0.0156. The van der Waals surface area contributed by atoms with E-state index in [-0.39, 0.29) is 12.3 Å². The van der Waals surface area contributed by atoms with Crippen molar-refractivity contribution in [1.82, 2.24) is 4.98 Å². The van der Waals surface area contributed by atoms with Gasteiger partial charge in [0.1, 0.15) is 11.6 Å². The molecule has 1 amide bonds. The molecule has 0 bridgehead atoms. The molecule has 5 heteroatoms. The van der Waals surface area contributed by atoms with Gasteiger partial charge in [0.25, 0.3) is 0 Å². The molecule has 82 valence electrons. The van der Waals surface area contributed by atoms with Crippen LogP contribution in [-0.4, -0.2) is 22.5 Å². The molecule has 0 spiro atoms. The lowest BCUT2D eigenvalue weighted by Gasteiger charge is -2.07. The number of carbonyl (C=O) groups excluding carboxylic acids is 1. The molecule has 1 heterocycles. The van der Waals surface area contributed by atoms with Crippen molar-refractivity contribution in [2.45, 2.75) is 0 Å². The maximum atomic E-state index is 10.7. The van der Waals surface area contributed by atoms with Crippen LogP contribution in [0.25, 0.3) is 10.8 Å². The number of hydrogen-bond donors (Lipinski definition) is 3. The smallest absolute Gasteiger partial charge is 0.236 e. The highest BCUT2D eigenvalue weighted by Gasteiger charge is 2.03. The second kappa shape index (κ2) is 4.06. The Hall–Kier alpha value is -2.30. The number of nitrogens with one attached hydrogen (secondary N) is 1. The lowest BCUT2D eigenvalue weighted by molar-refractivity contribution is -0.116. The quantitative estimate of drug-likeness (QED) is 0.710. The summed E-state index contributed by atoms with van der Waals surface area (Å²) in [5.74, 6) is 0.230. The van der Waals surface area contributed by atoms with Crippen molar-refractivity contribution in [1.29, 1.82) is 0 Å². The van der Waals surface area contributed by atoms with Gasteiger partial charge in [-0.3, -0.25) is 4.79 Å². The Morgan fingerprint density at radius 3 is 3.00 bits per heavy atom. The van der Waals surface area contributed by atoms with Gasteiger partial charge in [0.05, 0.1) is 6.54 Å². The first-order chi connectivity index (χ1) is 7.66. The van der Waals surface area contributed by atoms with Crippen LogP contribution < -0.4 is 11.1 Å². The predicted molar refractivity (Wildman–Crippen MR) is 61.1 cm³/mol. The van der Waals surface area contributed by atoms with E-state index in [4.69, 9.17) is 5.73 Å². The van der Waals surface area contributed by atoms with E-state index in [2.05, 4.69) is 10.3 Å². The van der Waals surface area contributed by atoms with Crippen LogP contribution in [0.4, 0.5) is 5.82 Å². The van der Waals surface area contributed by atoms with Crippen LogP contribution in [-0.2, 0) is 4.79 Å². The topological polar surface area (TPSA) is 88.2 Å². The van der Waals surface area contributed by atoms with Crippen molar-refractivity contribution in [3.05, 3.63) is 30.5 Å². The average molecular weight is 217 g/mol. The number of benzene rings is 1. The summed E-state index contributed by atoms with van der Waals surface area (Å²) in [6, 6.07) is 6.79. The highest BCUT2D eigenvalue weighted by atomic mass is 16.3. The Bertz CT molecular complexity index is 540. The van der Waals surface area contributed by atoms with Gasteiger partial charge < -0.3 is 16.2 Å². The summed E-state index contributed by atoms with van der Waals surface area (Å²) in [5, 5.41) is 13.9. The summed E-state index contributed by atoms with van der Waals surface area (Å²) in [7, 11) is 0. The SMILES string of the molecule is NC(=O)CNc1nccc2ccc(O)cc12. The Labute approximate surface area is 91.9 Å². The molecule has 0 fully saturated rings. The summed E-state index contributed by atoms with van der Waals surface area (Å²) < 4.78 is 0. The van der Waals surface area contributed by atoms with Crippen molar-refractivity contribution in [3.63, 3.8) is 0 Å². The summed E-state index contributed by atoms with van der Waals surface area (Å²) in [6.07, 6.45) is 1.63. The first-order valence-electron chi connectivity index (χ1n) is 4.77. The van der Waals surface area contributed by atoms with Crippen molar-refractivity contribution in [2.75, 3.05) is 11.9 Å². The Kier molecular flexibility index (Phi) is 2.59. The van der Waals surface area contributed by atoms with Gasteiger partial charge in [0.2, 0.25) is 5.91 Å². The lowest BCUT2D eigenvalue weighted by atomic mass is 10.1. The molecular weight excluding hydrogens is 206 g/mol. The van der Waals surface area contributed by atoms with E-state index in [1.807, 2.05) is 6.07 Å². The van der Waals surface area contributed by atoms with Crippen LogP contribution in [0.1, 0.15) is 0 Å². The molecule has 0 radical (unpaired) electrons. The van der Waals surface area contributed by atoms with E-state index in [0.29, 0.717) is 5.82 Å². The number of amides is 1. The van der Waals surface area contributed by atoms with Gasteiger partial charge in [-0.15, -0.1) is 0 Å². The molecule has 0 unspecified atom stereocenters. The van der Waals surface area contributed by atoms with E-state index < -0.39 is 5.91 Å². The number of phenols is 1. The summed E-state index contributed by atoms with van der Waals surface area (Å²) in [5.41, 5.74) is 5.04. The van der Waals surface area contributed by atoms with Crippen LogP contribution in [0, 0.1) is 0 Å². The first-order valence-corrected chi connectivity index (χ1v) is 4.77. The molecule has 0 saturated carbocycles. The van der Waals surface area contributed by atoms with Crippen molar-refractivity contribution < 1.29 is 9.90 Å². The largest absolute Gasteiger partial charge is 0.508 e. The molecule has 1 aromatic heterocycles. The van der Waals surface area contributed by atoms with E-state index in [1.54, 1.807) is 24.4 Å². The fourth-order valence-corrected chi connectivity index (χ4v) is 1.47. The third-order valence-electron chi connectivity index (χ3n) is 2.18. The minimum Gasteiger partial charge on any atom is -0.508 e. The molecule has 5 nitrogen and oxygen atoms in total. The van der Waals surface area contributed by atoms with Crippen LogP contribution in [0.15, 0.2) is 30.5 Å². The Morgan fingerprint density at radius 1 is 1.44 bits per heavy atom. The third-order valence-corrected chi connectivity index (χ3v) is 2.18. The van der Waals surface area contributed by atoms with Crippen LogP contribution >= 0.6 is 0 Å². The van der Waals surface area contributed by atoms with E-state index in [9.17, 15) is 9.90 Å². The fourth-order valence-electron chi connectivity index (χ4n) is 1.47. The molecule has 0 atom stereocenters. The normalized spacial score (nSPS) is 10.2. The second-order valence-corrected chi connectivity index (χ2v) is 3.38. The zero-order valence-corrected chi connectivity index (χ0v) is 8.47. The zero-order chi connectivity index (χ0) is 11.5. The van der Waals surface area contributed by atoms with Gasteiger partial charge >= 0.3 is 0 Å². The van der Waals surface area contributed by atoms with Gasteiger partial charge in [-0.1, -0.05) is 6.07 Å². The predicted octanol–water partition coefficient (Wildman–Crippen LogP) is 0.838. The van der Waals surface area contributed by atoms with Crippen molar-refractivity contribution in [2.24, 2.45) is 5.73 Å². The van der Waals surface area contributed by atoms with Gasteiger partial charge in [-0.2, -0.15) is 0 Å². The minimum absolute atomic E-state index is 0.0156. The number of fused-ring (bicyclic) bond motifs is 1. The number of anilines is 1. The lowest BCUT2D eigenvalue weighted by Crippen LogP contribution is -2.22. The molecule has 1 aromatic carbocycles. The fraction of sp³-hybridized carbons (Fsp3) is 0.0909. The number of primary amides is 1. The Morgan fingerprint density at radius 2 is 2.25 bits per heavy atom.